The first-order valence-corrected chi connectivity index (χ1v) is 6.81. The molecule has 0 aromatic heterocycles. The zero-order chi connectivity index (χ0) is 15.4. The highest BCUT2D eigenvalue weighted by Crippen LogP contribution is 2.33. The lowest BCUT2D eigenvalue weighted by molar-refractivity contribution is -0.384. The van der Waals surface area contributed by atoms with Crippen LogP contribution in [0.25, 0.3) is 11.1 Å². The van der Waals surface area contributed by atoms with Gasteiger partial charge in [0.05, 0.1) is 4.92 Å². The largest absolute Gasteiger partial charge is 0.457 e. The zero-order valence-electron chi connectivity index (χ0n) is 11.7. The van der Waals surface area contributed by atoms with Crippen molar-refractivity contribution in [1.82, 2.24) is 0 Å². The van der Waals surface area contributed by atoms with E-state index in [0.29, 0.717) is 11.5 Å². The molecule has 0 aliphatic rings. The molecule has 108 valence electrons. The van der Waals surface area contributed by atoms with Crippen molar-refractivity contribution in [3.8, 4) is 22.6 Å². The molecule has 0 radical (unpaired) electrons. The summed E-state index contributed by atoms with van der Waals surface area (Å²) in [6, 6.07) is 23.7. The third kappa shape index (κ3) is 2.96. The van der Waals surface area contributed by atoms with Crippen molar-refractivity contribution in [3.05, 3.63) is 89.0 Å². The molecule has 4 heteroatoms. The van der Waals surface area contributed by atoms with E-state index in [1.807, 2.05) is 54.6 Å². The average molecular weight is 291 g/mol. The SMILES string of the molecule is O=[N+]([O-])c1ccc(Oc2ccccc2-c2ccccc2)cc1. The Hall–Kier alpha value is -3.14. The van der Waals surface area contributed by atoms with E-state index >= 15 is 0 Å². The van der Waals surface area contributed by atoms with Crippen LogP contribution < -0.4 is 4.74 Å². The molecule has 22 heavy (non-hydrogen) atoms. The van der Waals surface area contributed by atoms with Crippen molar-refractivity contribution in [2.24, 2.45) is 0 Å². The van der Waals surface area contributed by atoms with E-state index in [-0.39, 0.29) is 5.69 Å². The fourth-order valence-electron chi connectivity index (χ4n) is 2.17. The Kier molecular flexibility index (Phi) is 3.83. The summed E-state index contributed by atoms with van der Waals surface area (Å²) in [5.41, 5.74) is 2.07. The summed E-state index contributed by atoms with van der Waals surface area (Å²) in [5, 5.41) is 10.7. The van der Waals surface area contributed by atoms with Crippen molar-refractivity contribution in [1.29, 1.82) is 0 Å². The summed E-state index contributed by atoms with van der Waals surface area (Å²) in [6.07, 6.45) is 0. The van der Waals surface area contributed by atoms with E-state index < -0.39 is 4.92 Å². The van der Waals surface area contributed by atoms with Gasteiger partial charge in [0.25, 0.3) is 5.69 Å². The van der Waals surface area contributed by atoms with E-state index in [2.05, 4.69) is 0 Å². The van der Waals surface area contributed by atoms with E-state index in [1.54, 1.807) is 12.1 Å². The van der Waals surface area contributed by atoms with Crippen molar-refractivity contribution in [2.75, 3.05) is 0 Å². The maximum atomic E-state index is 10.7. The van der Waals surface area contributed by atoms with E-state index in [0.717, 1.165) is 11.1 Å². The molecule has 0 amide bonds. The minimum atomic E-state index is -0.429. The van der Waals surface area contributed by atoms with Gasteiger partial charge in [0.2, 0.25) is 0 Å². The first kappa shape index (κ1) is 13.8. The Bertz CT molecular complexity index is 783. The quantitative estimate of drug-likeness (QED) is 0.499. The van der Waals surface area contributed by atoms with Crippen LogP contribution in [0.4, 0.5) is 5.69 Å². The van der Waals surface area contributed by atoms with E-state index in [4.69, 9.17) is 4.74 Å². The first-order chi connectivity index (χ1) is 10.7. The topological polar surface area (TPSA) is 52.4 Å². The highest BCUT2D eigenvalue weighted by Gasteiger charge is 2.08. The molecule has 0 N–H and O–H groups in total. The van der Waals surface area contributed by atoms with Crippen LogP contribution in [-0.4, -0.2) is 4.92 Å². The summed E-state index contributed by atoms with van der Waals surface area (Å²) in [6.45, 7) is 0. The van der Waals surface area contributed by atoms with Gasteiger partial charge in [-0.2, -0.15) is 0 Å². The van der Waals surface area contributed by atoms with Crippen molar-refractivity contribution >= 4 is 5.69 Å². The average Bonchev–Trinajstić information content (AvgIpc) is 2.57. The fourth-order valence-corrected chi connectivity index (χ4v) is 2.17. The number of nitro groups is 1. The van der Waals surface area contributed by atoms with Gasteiger partial charge in [0, 0.05) is 17.7 Å². The lowest BCUT2D eigenvalue weighted by Crippen LogP contribution is -1.90. The molecule has 0 saturated heterocycles. The molecule has 0 saturated carbocycles. The molecular weight excluding hydrogens is 278 g/mol. The molecule has 0 heterocycles. The van der Waals surface area contributed by atoms with Crippen LogP contribution in [0.1, 0.15) is 0 Å². The summed E-state index contributed by atoms with van der Waals surface area (Å²) < 4.78 is 5.88. The summed E-state index contributed by atoms with van der Waals surface area (Å²) in [5.74, 6) is 1.27. The lowest BCUT2D eigenvalue weighted by Gasteiger charge is -2.11. The van der Waals surface area contributed by atoms with Crippen molar-refractivity contribution < 1.29 is 9.66 Å². The van der Waals surface area contributed by atoms with Gasteiger partial charge in [0.1, 0.15) is 11.5 Å². The van der Waals surface area contributed by atoms with Crippen LogP contribution in [0.3, 0.4) is 0 Å². The Morgan fingerprint density at radius 3 is 2.09 bits per heavy atom. The molecule has 3 aromatic carbocycles. The second-order valence-electron chi connectivity index (χ2n) is 4.72. The molecule has 0 atom stereocenters. The van der Waals surface area contributed by atoms with Crippen LogP contribution in [0, 0.1) is 10.1 Å². The second-order valence-corrected chi connectivity index (χ2v) is 4.72. The van der Waals surface area contributed by atoms with Crippen LogP contribution >= 0.6 is 0 Å². The molecule has 3 aromatic rings. The fraction of sp³-hybridized carbons (Fsp3) is 0. The number of hydrogen-bond acceptors (Lipinski definition) is 3. The molecule has 0 aliphatic carbocycles. The minimum absolute atomic E-state index is 0.0451. The third-order valence-corrected chi connectivity index (χ3v) is 3.25. The molecule has 0 aliphatic heterocycles. The second kappa shape index (κ2) is 6.10. The normalized spacial score (nSPS) is 10.2. The van der Waals surface area contributed by atoms with Gasteiger partial charge in [-0.3, -0.25) is 10.1 Å². The number of non-ortho nitro benzene ring substituents is 1. The standard InChI is InChI=1S/C18H13NO3/c20-19(21)15-10-12-16(13-11-15)22-18-9-5-4-8-17(18)14-6-2-1-3-7-14/h1-13H. The summed E-state index contributed by atoms with van der Waals surface area (Å²) >= 11 is 0. The maximum Gasteiger partial charge on any atom is 0.269 e. The monoisotopic (exact) mass is 291 g/mol. The number of ether oxygens (including phenoxy) is 1. The van der Waals surface area contributed by atoms with Crippen LogP contribution in [0.2, 0.25) is 0 Å². The van der Waals surface area contributed by atoms with Crippen molar-refractivity contribution in [3.63, 3.8) is 0 Å². The third-order valence-electron chi connectivity index (χ3n) is 3.25. The lowest BCUT2D eigenvalue weighted by atomic mass is 10.1. The predicted molar refractivity (Wildman–Crippen MR) is 85.0 cm³/mol. The molecule has 4 nitrogen and oxygen atoms in total. The summed E-state index contributed by atoms with van der Waals surface area (Å²) in [7, 11) is 0. The van der Waals surface area contributed by atoms with Gasteiger partial charge in [-0.15, -0.1) is 0 Å². The first-order valence-electron chi connectivity index (χ1n) is 6.81. The van der Waals surface area contributed by atoms with Gasteiger partial charge >= 0.3 is 0 Å². The van der Waals surface area contributed by atoms with E-state index in [9.17, 15) is 10.1 Å². The van der Waals surface area contributed by atoms with Gasteiger partial charge in [-0.1, -0.05) is 48.5 Å². The van der Waals surface area contributed by atoms with Crippen LogP contribution in [0.15, 0.2) is 78.9 Å². The Morgan fingerprint density at radius 1 is 0.773 bits per heavy atom. The van der Waals surface area contributed by atoms with Crippen LogP contribution in [0.5, 0.6) is 11.5 Å². The number of nitrogens with zero attached hydrogens (tertiary/aromatic N) is 1. The number of rotatable bonds is 4. The number of benzene rings is 3. The minimum Gasteiger partial charge on any atom is -0.457 e. The summed E-state index contributed by atoms with van der Waals surface area (Å²) in [4.78, 5) is 10.2. The molecule has 3 rings (SSSR count). The highest BCUT2D eigenvalue weighted by atomic mass is 16.6. The van der Waals surface area contributed by atoms with E-state index in [1.165, 1.54) is 12.1 Å². The zero-order valence-corrected chi connectivity index (χ0v) is 11.7. The van der Waals surface area contributed by atoms with Crippen LogP contribution in [-0.2, 0) is 0 Å². The molecule has 0 bridgehead atoms. The highest BCUT2D eigenvalue weighted by molar-refractivity contribution is 5.70. The van der Waals surface area contributed by atoms with Gasteiger partial charge in [-0.25, -0.2) is 0 Å². The number of para-hydroxylation sites is 1. The molecular formula is C18H13NO3. The molecule has 0 unspecified atom stereocenters. The number of nitro benzene ring substituents is 1. The number of hydrogen-bond donors (Lipinski definition) is 0. The van der Waals surface area contributed by atoms with Crippen molar-refractivity contribution in [2.45, 2.75) is 0 Å². The Morgan fingerprint density at radius 2 is 1.41 bits per heavy atom. The smallest absolute Gasteiger partial charge is 0.269 e. The Labute approximate surface area is 127 Å². The molecule has 0 spiro atoms. The van der Waals surface area contributed by atoms with Gasteiger partial charge < -0.3 is 4.74 Å². The maximum absolute atomic E-state index is 10.7. The molecule has 0 fully saturated rings. The predicted octanol–water partition coefficient (Wildman–Crippen LogP) is 5.05. The van der Waals surface area contributed by atoms with Gasteiger partial charge in [-0.05, 0) is 23.8 Å². The van der Waals surface area contributed by atoms with Gasteiger partial charge in [0.15, 0.2) is 0 Å². The Balaban J connectivity index is 1.91.